The molecule has 0 aliphatic heterocycles. The molecule has 0 amide bonds. The smallest absolute Gasteiger partial charge is 0.140 e. The van der Waals surface area contributed by atoms with Crippen LogP contribution in [0, 0.1) is 9.39 Å². The Morgan fingerprint density at radius 2 is 2.08 bits per heavy atom. The van der Waals surface area contributed by atoms with Gasteiger partial charge in [-0.25, -0.2) is 14.4 Å². The highest BCUT2D eigenvalue weighted by molar-refractivity contribution is 14.1. The van der Waals surface area contributed by atoms with Gasteiger partial charge in [0, 0.05) is 15.0 Å². The van der Waals surface area contributed by atoms with Crippen molar-refractivity contribution in [2.24, 2.45) is 0 Å². The summed E-state index contributed by atoms with van der Waals surface area (Å²) in [7, 11) is 0. The summed E-state index contributed by atoms with van der Waals surface area (Å²) in [5.74, 6) is -0.289. The number of nitrogens with zero attached hydrogens (tertiary/aromatic N) is 2. The lowest BCUT2D eigenvalue weighted by atomic mass is 10.2. The number of halogens is 3. The molecular formula is C8H3ClFIN2. The van der Waals surface area contributed by atoms with Gasteiger partial charge >= 0.3 is 0 Å². The van der Waals surface area contributed by atoms with E-state index < -0.39 is 0 Å². The van der Waals surface area contributed by atoms with Crippen molar-refractivity contribution in [3.63, 3.8) is 0 Å². The van der Waals surface area contributed by atoms with E-state index in [1.807, 2.05) is 22.6 Å². The lowest BCUT2D eigenvalue weighted by molar-refractivity contribution is 0.622. The molecule has 0 radical (unpaired) electrons. The standard InChI is InChI=1S/C8H3ClFIN2/c9-8-4-1-6(11)5(10)2-7(4)12-3-13-8/h1-3H. The van der Waals surface area contributed by atoms with Crippen LogP contribution >= 0.6 is 34.2 Å². The quantitative estimate of drug-likeness (QED) is 0.552. The molecule has 1 aromatic carbocycles. The van der Waals surface area contributed by atoms with Gasteiger partial charge in [-0.1, -0.05) is 11.6 Å². The van der Waals surface area contributed by atoms with Crippen molar-refractivity contribution >= 4 is 45.1 Å². The fourth-order valence-electron chi connectivity index (χ4n) is 1.02. The molecule has 66 valence electrons. The number of aromatic nitrogens is 2. The second-order valence-corrected chi connectivity index (χ2v) is 3.97. The van der Waals surface area contributed by atoms with E-state index in [2.05, 4.69) is 9.97 Å². The maximum Gasteiger partial charge on any atom is 0.140 e. The average Bonchev–Trinajstić information content (AvgIpc) is 2.09. The van der Waals surface area contributed by atoms with Crippen LogP contribution in [0.3, 0.4) is 0 Å². The van der Waals surface area contributed by atoms with Gasteiger partial charge in [0.15, 0.2) is 0 Å². The molecule has 0 N–H and O–H groups in total. The molecule has 13 heavy (non-hydrogen) atoms. The molecule has 2 nitrogen and oxygen atoms in total. The number of fused-ring (bicyclic) bond motifs is 1. The SMILES string of the molecule is Fc1cc2ncnc(Cl)c2cc1I. The zero-order valence-electron chi connectivity index (χ0n) is 6.26. The third kappa shape index (κ3) is 1.60. The average molecular weight is 308 g/mol. The summed E-state index contributed by atoms with van der Waals surface area (Å²) in [5.41, 5.74) is 0.526. The molecule has 0 spiro atoms. The van der Waals surface area contributed by atoms with Gasteiger partial charge in [-0.05, 0) is 28.7 Å². The van der Waals surface area contributed by atoms with E-state index in [0.717, 1.165) is 0 Å². The van der Waals surface area contributed by atoms with Crippen molar-refractivity contribution < 1.29 is 4.39 Å². The van der Waals surface area contributed by atoms with Crippen molar-refractivity contribution in [1.82, 2.24) is 9.97 Å². The molecule has 0 fully saturated rings. The maximum atomic E-state index is 13.1. The predicted octanol–water partition coefficient (Wildman–Crippen LogP) is 3.03. The Hall–Kier alpha value is -0.490. The van der Waals surface area contributed by atoms with Crippen LogP contribution < -0.4 is 0 Å². The molecule has 1 aromatic heterocycles. The summed E-state index contributed by atoms with van der Waals surface area (Å²) in [6.45, 7) is 0. The highest BCUT2D eigenvalue weighted by Crippen LogP contribution is 2.23. The Morgan fingerprint density at radius 1 is 1.31 bits per heavy atom. The summed E-state index contributed by atoms with van der Waals surface area (Å²) in [4.78, 5) is 7.71. The predicted molar refractivity (Wildman–Crippen MR) is 57.2 cm³/mol. The van der Waals surface area contributed by atoms with Crippen LogP contribution in [-0.2, 0) is 0 Å². The van der Waals surface area contributed by atoms with Gasteiger partial charge in [-0.3, -0.25) is 0 Å². The number of benzene rings is 1. The second-order valence-electron chi connectivity index (χ2n) is 2.45. The Bertz CT molecular complexity index is 475. The first-order chi connectivity index (χ1) is 6.18. The zero-order valence-corrected chi connectivity index (χ0v) is 9.17. The molecule has 0 saturated heterocycles. The lowest BCUT2D eigenvalue weighted by Crippen LogP contribution is -1.88. The van der Waals surface area contributed by atoms with E-state index in [-0.39, 0.29) is 5.82 Å². The van der Waals surface area contributed by atoms with Crippen molar-refractivity contribution in [2.45, 2.75) is 0 Å². The molecule has 0 atom stereocenters. The van der Waals surface area contributed by atoms with E-state index >= 15 is 0 Å². The van der Waals surface area contributed by atoms with Gasteiger partial charge in [0.05, 0.1) is 5.52 Å². The second kappa shape index (κ2) is 3.34. The molecule has 0 aliphatic carbocycles. The van der Waals surface area contributed by atoms with Crippen molar-refractivity contribution in [2.75, 3.05) is 0 Å². The van der Waals surface area contributed by atoms with Crippen LogP contribution in [0.1, 0.15) is 0 Å². The molecule has 5 heteroatoms. The summed E-state index contributed by atoms with van der Waals surface area (Å²) >= 11 is 7.70. The first-order valence-corrected chi connectivity index (χ1v) is 4.89. The van der Waals surface area contributed by atoms with Gasteiger partial charge in [0.2, 0.25) is 0 Å². The van der Waals surface area contributed by atoms with Crippen LogP contribution in [0.25, 0.3) is 10.9 Å². The minimum absolute atomic E-state index is 0.289. The summed E-state index contributed by atoms with van der Waals surface area (Å²) in [6, 6.07) is 2.98. The van der Waals surface area contributed by atoms with Crippen LogP contribution in [0.4, 0.5) is 4.39 Å². The molecular weight excluding hydrogens is 305 g/mol. The van der Waals surface area contributed by atoms with Crippen LogP contribution in [0.5, 0.6) is 0 Å². The Labute approximate surface area is 92.3 Å². The fourth-order valence-corrected chi connectivity index (χ4v) is 1.68. The third-order valence-electron chi connectivity index (χ3n) is 1.63. The molecule has 2 aromatic rings. The normalized spacial score (nSPS) is 10.7. The number of hydrogen-bond donors (Lipinski definition) is 0. The minimum Gasteiger partial charge on any atom is -0.236 e. The van der Waals surface area contributed by atoms with Gasteiger partial charge in [-0.2, -0.15) is 0 Å². The van der Waals surface area contributed by atoms with E-state index in [1.165, 1.54) is 12.4 Å². The fraction of sp³-hybridized carbons (Fsp3) is 0. The summed E-state index contributed by atoms with van der Waals surface area (Å²) < 4.78 is 13.6. The lowest BCUT2D eigenvalue weighted by Gasteiger charge is -1.99. The highest BCUT2D eigenvalue weighted by Gasteiger charge is 2.05. The summed E-state index contributed by atoms with van der Waals surface area (Å²) in [5, 5.41) is 1.03. The molecule has 0 aliphatic rings. The Balaban J connectivity index is 2.89. The molecule has 2 rings (SSSR count). The number of hydrogen-bond acceptors (Lipinski definition) is 2. The van der Waals surface area contributed by atoms with Crippen LogP contribution in [0.15, 0.2) is 18.5 Å². The molecule has 1 heterocycles. The third-order valence-corrected chi connectivity index (χ3v) is 2.76. The Morgan fingerprint density at radius 3 is 2.85 bits per heavy atom. The first kappa shape index (κ1) is 9.08. The van der Waals surface area contributed by atoms with Gasteiger partial charge in [0.25, 0.3) is 0 Å². The van der Waals surface area contributed by atoms with Gasteiger partial charge in [-0.15, -0.1) is 0 Å². The van der Waals surface area contributed by atoms with E-state index in [9.17, 15) is 4.39 Å². The van der Waals surface area contributed by atoms with Gasteiger partial charge in [0.1, 0.15) is 17.3 Å². The van der Waals surface area contributed by atoms with Crippen molar-refractivity contribution in [3.8, 4) is 0 Å². The first-order valence-electron chi connectivity index (χ1n) is 3.44. The van der Waals surface area contributed by atoms with E-state index in [1.54, 1.807) is 6.07 Å². The largest absolute Gasteiger partial charge is 0.236 e. The molecule has 0 saturated carbocycles. The van der Waals surface area contributed by atoms with E-state index in [0.29, 0.717) is 19.6 Å². The number of rotatable bonds is 0. The topological polar surface area (TPSA) is 25.8 Å². The summed E-state index contributed by atoms with van der Waals surface area (Å²) in [6.07, 6.45) is 1.32. The maximum absolute atomic E-state index is 13.1. The van der Waals surface area contributed by atoms with Crippen molar-refractivity contribution in [3.05, 3.63) is 33.0 Å². The molecule has 0 bridgehead atoms. The van der Waals surface area contributed by atoms with Crippen LogP contribution in [0.2, 0.25) is 5.15 Å². The molecule has 0 unspecified atom stereocenters. The monoisotopic (exact) mass is 308 g/mol. The van der Waals surface area contributed by atoms with Crippen LogP contribution in [-0.4, -0.2) is 9.97 Å². The van der Waals surface area contributed by atoms with E-state index in [4.69, 9.17) is 11.6 Å². The van der Waals surface area contributed by atoms with Gasteiger partial charge < -0.3 is 0 Å². The Kier molecular flexibility index (Phi) is 2.33. The van der Waals surface area contributed by atoms with Crippen molar-refractivity contribution in [1.29, 1.82) is 0 Å². The zero-order chi connectivity index (χ0) is 9.42. The minimum atomic E-state index is -0.289. The highest BCUT2D eigenvalue weighted by atomic mass is 127.